The summed E-state index contributed by atoms with van der Waals surface area (Å²) in [6.07, 6.45) is 56.2. The van der Waals surface area contributed by atoms with Gasteiger partial charge >= 0.3 is 17.9 Å². The van der Waals surface area contributed by atoms with Gasteiger partial charge in [0.25, 0.3) is 0 Å². The van der Waals surface area contributed by atoms with Crippen LogP contribution >= 0.6 is 0 Å². The van der Waals surface area contributed by atoms with Gasteiger partial charge < -0.3 is 14.2 Å². The second-order valence-electron chi connectivity index (χ2n) is 15.3. The molecule has 0 heterocycles. The summed E-state index contributed by atoms with van der Waals surface area (Å²) in [5.41, 5.74) is 0. The summed E-state index contributed by atoms with van der Waals surface area (Å²) in [6.45, 7) is 6.38. The molecule has 0 aliphatic carbocycles. The molecule has 0 aliphatic heterocycles. The van der Waals surface area contributed by atoms with Crippen LogP contribution in [0.15, 0.2) is 72.9 Å². The van der Waals surface area contributed by atoms with E-state index in [0.29, 0.717) is 19.3 Å². The average molecular weight is 795 g/mol. The maximum atomic E-state index is 12.7. The van der Waals surface area contributed by atoms with Crippen LogP contribution in [0.3, 0.4) is 0 Å². The molecule has 0 radical (unpaired) electrons. The highest BCUT2D eigenvalue weighted by Crippen LogP contribution is 2.12. The summed E-state index contributed by atoms with van der Waals surface area (Å²) in [6, 6.07) is 0. The third-order valence-electron chi connectivity index (χ3n) is 9.68. The number of rotatable bonds is 41. The second-order valence-corrected chi connectivity index (χ2v) is 15.3. The molecule has 0 saturated heterocycles. The van der Waals surface area contributed by atoms with E-state index in [0.717, 1.165) is 57.8 Å². The molecule has 6 nitrogen and oxygen atoms in total. The Labute approximate surface area is 351 Å². The molecule has 0 aromatic heterocycles. The van der Waals surface area contributed by atoms with Crippen molar-refractivity contribution < 1.29 is 28.6 Å². The zero-order chi connectivity index (χ0) is 41.5. The second kappa shape index (κ2) is 45.6. The number of hydrogen-bond acceptors (Lipinski definition) is 6. The zero-order valence-corrected chi connectivity index (χ0v) is 37.1. The molecular formula is C51H86O6. The van der Waals surface area contributed by atoms with E-state index in [9.17, 15) is 14.4 Å². The molecule has 0 fully saturated rings. The van der Waals surface area contributed by atoms with Crippen molar-refractivity contribution in [3.05, 3.63) is 72.9 Å². The maximum absolute atomic E-state index is 12.7. The lowest BCUT2D eigenvalue weighted by Crippen LogP contribution is -2.30. The number of ether oxygens (including phenoxy) is 3. The Bertz CT molecular complexity index is 1100. The fraction of sp³-hybridized carbons (Fsp3) is 0.706. The van der Waals surface area contributed by atoms with Crippen LogP contribution in [0.4, 0.5) is 0 Å². The predicted octanol–water partition coefficient (Wildman–Crippen LogP) is 15.1. The summed E-state index contributed by atoms with van der Waals surface area (Å²) in [7, 11) is 0. The first-order valence-electron chi connectivity index (χ1n) is 23.4. The van der Waals surface area contributed by atoms with Gasteiger partial charge in [-0.2, -0.15) is 0 Å². The number of allylic oxidation sites excluding steroid dienone is 12. The highest BCUT2D eigenvalue weighted by molar-refractivity contribution is 5.71. The van der Waals surface area contributed by atoms with Gasteiger partial charge in [0.2, 0.25) is 0 Å². The lowest BCUT2D eigenvalue weighted by Gasteiger charge is -2.18. The molecule has 0 amide bonds. The first kappa shape index (κ1) is 53.9. The smallest absolute Gasteiger partial charge is 0.306 e. The van der Waals surface area contributed by atoms with Crippen LogP contribution in [0.2, 0.25) is 0 Å². The van der Waals surface area contributed by atoms with Gasteiger partial charge in [0.1, 0.15) is 13.2 Å². The van der Waals surface area contributed by atoms with E-state index in [1.807, 2.05) is 6.08 Å². The van der Waals surface area contributed by atoms with Crippen LogP contribution in [0.5, 0.6) is 0 Å². The van der Waals surface area contributed by atoms with Crippen LogP contribution < -0.4 is 0 Å². The molecule has 0 aromatic rings. The lowest BCUT2D eigenvalue weighted by molar-refractivity contribution is -0.166. The summed E-state index contributed by atoms with van der Waals surface area (Å²) in [5.74, 6) is -1.05. The van der Waals surface area contributed by atoms with Crippen molar-refractivity contribution >= 4 is 17.9 Å². The molecule has 0 saturated carbocycles. The summed E-state index contributed by atoms with van der Waals surface area (Å²) in [4.78, 5) is 37.7. The minimum atomic E-state index is -0.825. The topological polar surface area (TPSA) is 78.9 Å². The quantitative estimate of drug-likeness (QED) is 0.0265. The van der Waals surface area contributed by atoms with E-state index < -0.39 is 12.1 Å². The normalized spacial score (nSPS) is 12.7. The first-order valence-corrected chi connectivity index (χ1v) is 23.4. The molecule has 1 atom stereocenters. The van der Waals surface area contributed by atoms with Gasteiger partial charge in [-0.05, 0) is 89.9 Å². The molecule has 0 N–H and O–H groups in total. The highest BCUT2D eigenvalue weighted by atomic mass is 16.6. The van der Waals surface area contributed by atoms with Gasteiger partial charge in [0.15, 0.2) is 6.10 Å². The monoisotopic (exact) mass is 795 g/mol. The first-order chi connectivity index (χ1) is 28.0. The van der Waals surface area contributed by atoms with Gasteiger partial charge in [-0.3, -0.25) is 14.4 Å². The summed E-state index contributed by atoms with van der Waals surface area (Å²) < 4.78 is 16.6. The molecule has 326 valence electrons. The standard InChI is InChI=1S/C51H86O6/c1-4-7-10-13-16-19-22-24-25-27-29-32-35-38-41-44-50(53)56-47-48(46-55-49(52)43-40-37-34-31-28-21-18-15-12-9-6-3)57-51(54)45-42-39-36-33-30-26-23-20-17-14-11-8-5-2/h9,12,18-19,21-22,26,30-31,34,36,39,48H,4-8,10-11,13-17,20,23-25,27-29,32-33,35,37-38,40-47H2,1-3H3/b12-9-,21-18-,22-19-,30-26-,34-31-,39-36-. The van der Waals surface area contributed by atoms with Gasteiger partial charge in [0.05, 0.1) is 0 Å². The molecule has 0 aromatic carbocycles. The van der Waals surface area contributed by atoms with Crippen LogP contribution in [0.25, 0.3) is 0 Å². The molecule has 0 rings (SSSR count). The summed E-state index contributed by atoms with van der Waals surface area (Å²) in [5, 5.41) is 0. The minimum absolute atomic E-state index is 0.116. The Morgan fingerprint density at radius 2 is 0.737 bits per heavy atom. The van der Waals surface area contributed by atoms with Gasteiger partial charge in [-0.15, -0.1) is 0 Å². The van der Waals surface area contributed by atoms with Crippen molar-refractivity contribution in [3.63, 3.8) is 0 Å². The molecule has 0 aliphatic rings. The van der Waals surface area contributed by atoms with Crippen LogP contribution in [0.1, 0.15) is 213 Å². The van der Waals surface area contributed by atoms with Gasteiger partial charge in [0, 0.05) is 19.3 Å². The van der Waals surface area contributed by atoms with E-state index in [1.54, 1.807) is 0 Å². The third-order valence-corrected chi connectivity index (χ3v) is 9.68. The lowest BCUT2D eigenvalue weighted by atomic mass is 10.1. The maximum Gasteiger partial charge on any atom is 0.306 e. The van der Waals surface area contributed by atoms with Crippen molar-refractivity contribution in [2.75, 3.05) is 13.2 Å². The average Bonchev–Trinajstić information content (AvgIpc) is 3.21. The van der Waals surface area contributed by atoms with Crippen LogP contribution in [-0.2, 0) is 28.6 Å². The number of carbonyl (C=O) groups excluding carboxylic acids is 3. The number of esters is 3. The van der Waals surface area contributed by atoms with Crippen molar-refractivity contribution in [2.45, 2.75) is 219 Å². The third kappa shape index (κ3) is 43.8. The van der Waals surface area contributed by atoms with Crippen molar-refractivity contribution in [2.24, 2.45) is 0 Å². The van der Waals surface area contributed by atoms with E-state index in [-0.39, 0.29) is 38.0 Å². The number of hydrogen-bond donors (Lipinski definition) is 0. The molecule has 6 heteroatoms. The summed E-state index contributed by atoms with van der Waals surface area (Å²) >= 11 is 0. The van der Waals surface area contributed by atoms with E-state index >= 15 is 0 Å². The van der Waals surface area contributed by atoms with Gasteiger partial charge in [-0.25, -0.2) is 0 Å². The molecule has 1 unspecified atom stereocenters. The van der Waals surface area contributed by atoms with Crippen molar-refractivity contribution in [1.82, 2.24) is 0 Å². The Morgan fingerprint density at radius 3 is 1.25 bits per heavy atom. The highest BCUT2D eigenvalue weighted by Gasteiger charge is 2.19. The minimum Gasteiger partial charge on any atom is -0.462 e. The molecule has 0 spiro atoms. The van der Waals surface area contributed by atoms with E-state index in [2.05, 4.69) is 87.6 Å². The fourth-order valence-corrected chi connectivity index (χ4v) is 6.16. The van der Waals surface area contributed by atoms with Crippen LogP contribution in [-0.4, -0.2) is 37.2 Å². The SMILES string of the molecule is CC/C=C\C/C=C\C/C=C\CCCC(=O)OCC(COC(=O)CCCCCCCCC/C=C\CCCCCC)OC(=O)CC/C=C\C/C=C\CCCCCCCC. The van der Waals surface area contributed by atoms with Crippen molar-refractivity contribution in [1.29, 1.82) is 0 Å². The number of carbonyl (C=O) groups is 3. The largest absolute Gasteiger partial charge is 0.462 e. The van der Waals surface area contributed by atoms with Crippen LogP contribution in [0, 0.1) is 0 Å². The van der Waals surface area contributed by atoms with E-state index in [4.69, 9.17) is 14.2 Å². The van der Waals surface area contributed by atoms with Gasteiger partial charge in [-0.1, -0.05) is 177 Å². The van der Waals surface area contributed by atoms with Crippen molar-refractivity contribution in [3.8, 4) is 0 Å². The zero-order valence-electron chi connectivity index (χ0n) is 37.1. The number of unbranched alkanes of at least 4 members (excludes halogenated alkanes) is 18. The molecular weight excluding hydrogens is 709 g/mol. The predicted molar refractivity (Wildman–Crippen MR) is 242 cm³/mol. The van der Waals surface area contributed by atoms with E-state index in [1.165, 1.54) is 103 Å². The molecule has 0 bridgehead atoms. The molecule has 57 heavy (non-hydrogen) atoms. The Kier molecular flexibility index (Phi) is 43.0. The fourth-order valence-electron chi connectivity index (χ4n) is 6.16. The Morgan fingerprint density at radius 1 is 0.368 bits per heavy atom. The Balaban J connectivity index is 4.50. The Hall–Kier alpha value is -3.15.